The van der Waals surface area contributed by atoms with Crippen molar-refractivity contribution >= 4 is 44.3 Å². The maximum absolute atomic E-state index is 4.77. The van der Waals surface area contributed by atoms with E-state index in [0.717, 1.165) is 45.2 Å². The van der Waals surface area contributed by atoms with Gasteiger partial charge >= 0.3 is 20.1 Å². The number of para-hydroxylation sites is 3. The number of rotatable bonds is 0. The molecule has 7 aromatic rings. The van der Waals surface area contributed by atoms with Crippen LogP contribution in [0, 0.1) is 18.9 Å². The summed E-state index contributed by atoms with van der Waals surface area (Å²) in [6.07, 6.45) is 6.46. The predicted molar refractivity (Wildman–Crippen MR) is 153 cm³/mol. The third-order valence-electron chi connectivity index (χ3n) is 7.47. The van der Waals surface area contributed by atoms with Gasteiger partial charge in [0.15, 0.2) is 5.65 Å². The number of aromatic nitrogens is 5. The van der Waals surface area contributed by atoms with Gasteiger partial charge in [-0.3, -0.25) is 0 Å². The van der Waals surface area contributed by atoms with Gasteiger partial charge in [0, 0.05) is 12.2 Å². The van der Waals surface area contributed by atoms with Crippen LogP contribution in [-0.2, 0) is 20.1 Å². The molecule has 0 N–H and O–H groups in total. The van der Waals surface area contributed by atoms with Crippen molar-refractivity contribution in [3.63, 3.8) is 0 Å². The second kappa shape index (κ2) is 9.75. The first-order chi connectivity index (χ1) is 19.3. The maximum Gasteiger partial charge on any atom is 3.00 e. The van der Waals surface area contributed by atoms with Crippen LogP contribution < -0.4 is 4.90 Å². The average molecular weight is 697 g/mol. The number of fused-ring (bicyclic) bond motifs is 13. The van der Waals surface area contributed by atoms with E-state index in [0.29, 0.717) is 6.04 Å². The molecule has 6 heterocycles. The topological polar surface area (TPSA) is 62.5 Å². The summed E-state index contributed by atoms with van der Waals surface area (Å²) in [5.74, 6) is 0. The Morgan fingerprint density at radius 1 is 0.875 bits per heavy atom. The minimum atomic E-state index is 0. The molecule has 2 aliphatic heterocycles. The number of benzene rings is 3. The first-order valence-electron chi connectivity index (χ1n) is 12.9. The predicted octanol–water partition coefficient (Wildman–Crippen LogP) is 5.86. The Labute approximate surface area is 244 Å². The Morgan fingerprint density at radius 3 is 2.58 bits per heavy atom. The van der Waals surface area contributed by atoms with Crippen LogP contribution in [0.1, 0.15) is 11.6 Å². The zero-order valence-corrected chi connectivity index (χ0v) is 23.9. The number of hydrogen-bond donors (Lipinski definition) is 0. The van der Waals surface area contributed by atoms with Crippen molar-refractivity contribution in [1.29, 1.82) is 0 Å². The molecule has 194 valence electrons. The number of imidazole rings is 1. The molecule has 0 saturated carbocycles. The van der Waals surface area contributed by atoms with Crippen molar-refractivity contribution in [3.05, 3.63) is 116 Å². The second-order valence-corrected chi connectivity index (χ2v) is 9.86. The summed E-state index contributed by atoms with van der Waals surface area (Å²) in [7, 11) is 2.13. The molecule has 0 radical (unpaired) electrons. The van der Waals surface area contributed by atoms with Crippen LogP contribution in [0.15, 0.2) is 91.4 Å². The molecule has 3 aromatic carbocycles. The third kappa shape index (κ3) is 3.79. The van der Waals surface area contributed by atoms with Gasteiger partial charge in [0.1, 0.15) is 5.52 Å². The molecule has 9 rings (SSSR count). The summed E-state index contributed by atoms with van der Waals surface area (Å²) in [4.78, 5) is 22.7. The van der Waals surface area contributed by atoms with Crippen LogP contribution in [0.3, 0.4) is 0 Å². The van der Waals surface area contributed by atoms with Gasteiger partial charge in [-0.15, -0.1) is 11.3 Å². The molecule has 7 nitrogen and oxygen atoms in total. The second-order valence-electron chi connectivity index (χ2n) is 9.86. The van der Waals surface area contributed by atoms with Crippen molar-refractivity contribution in [3.8, 4) is 11.1 Å². The van der Waals surface area contributed by atoms with E-state index in [-0.39, 0.29) is 20.1 Å². The fourth-order valence-electron chi connectivity index (χ4n) is 5.77. The van der Waals surface area contributed by atoms with Crippen molar-refractivity contribution in [2.24, 2.45) is 0 Å². The molecular formula is C32H22IrN7. The van der Waals surface area contributed by atoms with Gasteiger partial charge in [0.05, 0.1) is 11.0 Å². The van der Waals surface area contributed by atoms with Gasteiger partial charge in [-0.05, 0) is 60.1 Å². The molecule has 1 unspecified atom stereocenters. The largest absolute Gasteiger partial charge is 3.00 e. The van der Waals surface area contributed by atoms with E-state index in [9.17, 15) is 0 Å². The quantitative estimate of drug-likeness (QED) is 0.113. The smallest absolute Gasteiger partial charge is 0.521 e. The fourth-order valence-corrected chi connectivity index (χ4v) is 5.77. The number of likely N-dealkylation sites (N-methyl/N-ethyl adjacent to an activating group) is 1. The summed E-state index contributed by atoms with van der Waals surface area (Å²) in [6.45, 7) is 3.23. The van der Waals surface area contributed by atoms with Gasteiger partial charge in [-0.2, -0.15) is 30.9 Å². The Morgan fingerprint density at radius 2 is 1.68 bits per heavy atom. The standard InChI is InChI=1S/C16H8N5.C16H14N2.Ir/c1-2-6-12-11(5-1)19-15-10-4-3-7-18-14(10)13-8-17-9-21(13)16(15)20-12;1-17-10-16-14-8-3-2-6-12(14)13-7-4-5-9-15(13)18(16)11-17;/h1-7,9H;2-8,11,16H,10H2,1H3;/q-1;-2;+3. The normalized spacial score (nSPS) is 15.8. The van der Waals surface area contributed by atoms with Gasteiger partial charge in [0.25, 0.3) is 0 Å². The van der Waals surface area contributed by atoms with Crippen molar-refractivity contribution in [2.45, 2.75) is 6.04 Å². The molecule has 2 aliphatic rings. The number of nitrogens with zero attached hydrogens (tertiary/aromatic N) is 7. The van der Waals surface area contributed by atoms with Crippen LogP contribution in [-0.4, -0.2) is 42.8 Å². The molecule has 0 aliphatic carbocycles. The molecule has 40 heavy (non-hydrogen) atoms. The van der Waals surface area contributed by atoms with Gasteiger partial charge < -0.3 is 24.2 Å². The average Bonchev–Trinajstić information content (AvgIpc) is 3.65. The Bertz CT molecular complexity index is 1980. The summed E-state index contributed by atoms with van der Waals surface area (Å²) >= 11 is 0. The zero-order valence-electron chi connectivity index (χ0n) is 21.5. The molecule has 0 spiro atoms. The van der Waals surface area contributed by atoms with E-state index < -0.39 is 0 Å². The Balaban J connectivity index is 0.000000131. The monoisotopic (exact) mass is 697 g/mol. The summed E-state index contributed by atoms with van der Waals surface area (Å²) in [5.41, 5.74) is 10.3. The summed E-state index contributed by atoms with van der Waals surface area (Å²) < 4.78 is 1.89. The van der Waals surface area contributed by atoms with E-state index in [1.165, 1.54) is 22.4 Å². The molecule has 1 saturated heterocycles. The molecule has 0 amide bonds. The van der Waals surface area contributed by atoms with E-state index >= 15 is 0 Å². The van der Waals surface area contributed by atoms with Crippen molar-refractivity contribution in [1.82, 2.24) is 29.2 Å². The van der Waals surface area contributed by atoms with Crippen LogP contribution >= 0.6 is 0 Å². The van der Waals surface area contributed by atoms with Crippen molar-refractivity contribution < 1.29 is 20.1 Å². The first kappa shape index (κ1) is 24.8. The first-order valence-corrected chi connectivity index (χ1v) is 12.9. The Hall–Kier alpha value is -4.23. The van der Waals surface area contributed by atoms with E-state index in [1.807, 2.05) is 46.9 Å². The minimum Gasteiger partial charge on any atom is -0.521 e. The summed E-state index contributed by atoms with van der Waals surface area (Å²) in [6, 6.07) is 30.6. The van der Waals surface area contributed by atoms with Gasteiger partial charge in [-0.25, -0.2) is 9.97 Å². The molecule has 1 atom stereocenters. The summed E-state index contributed by atoms with van der Waals surface area (Å²) in [5, 5.41) is 0.968. The van der Waals surface area contributed by atoms with E-state index in [2.05, 4.69) is 82.1 Å². The fraction of sp³-hybridized carbons (Fsp3) is 0.0938. The number of anilines is 1. The molecule has 8 heteroatoms. The van der Waals surface area contributed by atoms with Crippen LogP contribution in [0.4, 0.5) is 5.69 Å². The Kier molecular flexibility index (Phi) is 6.04. The zero-order chi connectivity index (χ0) is 25.9. The molecule has 4 aromatic heterocycles. The van der Waals surface area contributed by atoms with E-state index in [4.69, 9.17) is 9.97 Å². The molecule has 0 bridgehead atoms. The molecular weight excluding hydrogens is 675 g/mol. The van der Waals surface area contributed by atoms with Crippen molar-refractivity contribution in [2.75, 3.05) is 18.5 Å². The van der Waals surface area contributed by atoms with Crippen LogP contribution in [0.2, 0.25) is 0 Å². The minimum absolute atomic E-state index is 0. The SMILES string of the molecule is CN1[CH-]N2c3[c-]cccc3-c3ccccc3C2C1.[Ir+3].[c-]1ncn2c1c1ncccc1c1nc3ccccc3nc12. The van der Waals surface area contributed by atoms with E-state index in [1.54, 1.807) is 12.5 Å². The third-order valence-corrected chi connectivity index (χ3v) is 7.47. The van der Waals surface area contributed by atoms with Crippen LogP contribution in [0.5, 0.6) is 0 Å². The number of pyridine rings is 2. The van der Waals surface area contributed by atoms with Gasteiger partial charge in [-0.1, -0.05) is 54.2 Å². The van der Waals surface area contributed by atoms with Crippen LogP contribution in [0.25, 0.3) is 49.7 Å². The maximum atomic E-state index is 4.77. The molecule has 1 fully saturated rings. The number of hydrogen-bond acceptors (Lipinski definition) is 6. The van der Waals surface area contributed by atoms with Gasteiger partial charge in [0.2, 0.25) is 0 Å².